The first-order valence-corrected chi connectivity index (χ1v) is 6.94. The minimum absolute atomic E-state index is 0. The van der Waals surface area contributed by atoms with E-state index in [1.807, 2.05) is 6.07 Å². The second kappa shape index (κ2) is 10.1. The van der Waals surface area contributed by atoms with E-state index < -0.39 is 0 Å². The second-order valence-corrected chi connectivity index (χ2v) is 5.24. The highest BCUT2D eigenvalue weighted by molar-refractivity contribution is 5.85. The lowest BCUT2D eigenvalue weighted by molar-refractivity contribution is 0.172. The number of benzene rings is 1. The predicted molar refractivity (Wildman–Crippen MR) is 94.1 cm³/mol. The van der Waals surface area contributed by atoms with Gasteiger partial charge in [-0.15, -0.1) is 31.4 Å². The van der Waals surface area contributed by atoms with Crippen LogP contribution in [-0.2, 0) is 0 Å². The molecule has 0 unspecified atom stereocenters. The van der Waals surface area contributed by atoms with Crippen LogP contribution < -0.4 is 10.1 Å². The summed E-state index contributed by atoms with van der Waals surface area (Å²) in [4.78, 5) is 2.54. The molecule has 1 aromatic rings. The smallest absolute Gasteiger partial charge is 0.119 e. The Morgan fingerprint density at radius 2 is 2.00 bits per heavy atom. The summed E-state index contributed by atoms with van der Waals surface area (Å²) in [5, 5.41) is 3.41. The highest BCUT2D eigenvalue weighted by atomic mass is 35.5. The Hall–Kier alpha value is -0.740. The van der Waals surface area contributed by atoms with E-state index in [1.165, 1.54) is 11.1 Å². The zero-order valence-electron chi connectivity index (χ0n) is 12.8. The maximum atomic E-state index is 5.34. The largest absolute Gasteiger partial charge is 0.497 e. The molecule has 21 heavy (non-hydrogen) atoms. The molecule has 5 heteroatoms. The molecular formula is C16H26Cl2N2O. The summed E-state index contributed by atoms with van der Waals surface area (Å²) in [5.74, 6) is 0.930. The van der Waals surface area contributed by atoms with Gasteiger partial charge in [-0.1, -0.05) is 17.7 Å². The Morgan fingerprint density at radius 3 is 2.57 bits per heavy atom. The summed E-state index contributed by atoms with van der Waals surface area (Å²) in [7, 11) is 1.72. The molecule has 0 bridgehead atoms. The van der Waals surface area contributed by atoms with Gasteiger partial charge in [-0.25, -0.2) is 0 Å². The van der Waals surface area contributed by atoms with Gasteiger partial charge >= 0.3 is 0 Å². The van der Waals surface area contributed by atoms with Gasteiger partial charge in [0, 0.05) is 32.2 Å². The van der Waals surface area contributed by atoms with Crippen LogP contribution in [0.5, 0.6) is 5.75 Å². The number of nitrogens with zero attached hydrogens (tertiary/aromatic N) is 1. The third-order valence-corrected chi connectivity index (χ3v) is 3.61. The van der Waals surface area contributed by atoms with Gasteiger partial charge in [-0.2, -0.15) is 0 Å². The molecule has 3 nitrogen and oxygen atoms in total. The zero-order chi connectivity index (χ0) is 13.7. The number of methoxy groups -OCH3 is 1. The van der Waals surface area contributed by atoms with Gasteiger partial charge in [-0.05, 0) is 31.0 Å². The Morgan fingerprint density at radius 1 is 1.33 bits per heavy atom. The van der Waals surface area contributed by atoms with E-state index in [0.29, 0.717) is 6.04 Å². The van der Waals surface area contributed by atoms with Crippen LogP contribution in [0.1, 0.15) is 24.9 Å². The summed E-state index contributed by atoms with van der Waals surface area (Å²) >= 11 is 0. The molecule has 0 spiro atoms. The van der Waals surface area contributed by atoms with Crippen LogP contribution in [0, 0.1) is 0 Å². The second-order valence-electron chi connectivity index (χ2n) is 5.24. The van der Waals surface area contributed by atoms with Gasteiger partial charge in [0.05, 0.1) is 7.11 Å². The van der Waals surface area contributed by atoms with E-state index in [1.54, 1.807) is 7.11 Å². The monoisotopic (exact) mass is 332 g/mol. The number of hydrogen-bond donors (Lipinski definition) is 1. The summed E-state index contributed by atoms with van der Waals surface area (Å²) in [6, 6.07) is 8.82. The van der Waals surface area contributed by atoms with Crippen molar-refractivity contribution in [1.29, 1.82) is 0 Å². The van der Waals surface area contributed by atoms with Gasteiger partial charge in [0.1, 0.15) is 5.75 Å². The molecule has 1 heterocycles. The van der Waals surface area contributed by atoms with Crippen molar-refractivity contribution in [2.75, 3.05) is 33.3 Å². The third kappa shape index (κ3) is 5.87. The Balaban J connectivity index is 0.00000200. The molecule has 1 atom stereocenters. The van der Waals surface area contributed by atoms with Crippen LogP contribution in [-0.4, -0.2) is 38.2 Å². The standard InChI is InChI=1S/C16H24N2O.2ClH/c1-13(2)11-16(18-9-7-17-8-10-18)14-5-4-6-15(12-14)19-3;;/h4-6,12,16-17H,1,7-11H2,2-3H3;2*1H/t16-;;/m0../s1. The predicted octanol–water partition coefficient (Wildman–Crippen LogP) is 3.45. The van der Waals surface area contributed by atoms with Crippen molar-refractivity contribution < 1.29 is 4.74 Å². The number of hydrogen-bond acceptors (Lipinski definition) is 3. The molecule has 0 amide bonds. The lowest BCUT2D eigenvalue weighted by Crippen LogP contribution is -2.45. The Kier molecular flexibility index (Phi) is 9.71. The topological polar surface area (TPSA) is 24.5 Å². The van der Waals surface area contributed by atoms with Gasteiger partial charge in [0.15, 0.2) is 0 Å². The Labute approximate surface area is 140 Å². The molecule has 1 fully saturated rings. The van der Waals surface area contributed by atoms with Crippen molar-refractivity contribution in [3.05, 3.63) is 42.0 Å². The average Bonchev–Trinajstić information content (AvgIpc) is 2.45. The van der Waals surface area contributed by atoms with Gasteiger partial charge in [0.2, 0.25) is 0 Å². The minimum atomic E-state index is 0. The van der Waals surface area contributed by atoms with E-state index in [4.69, 9.17) is 4.74 Å². The molecule has 1 aromatic carbocycles. The molecular weight excluding hydrogens is 307 g/mol. The van der Waals surface area contributed by atoms with Crippen LogP contribution in [0.15, 0.2) is 36.4 Å². The fourth-order valence-corrected chi connectivity index (χ4v) is 2.63. The number of halogens is 2. The lowest BCUT2D eigenvalue weighted by atomic mass is 9.98. The summed E-state index contributed by atoms with van der Waals surface area (Å²) in [5.41, 5.74) is 2.55. The highest BCUT2D eigenvalue weighted by Gasteiger charge is 2.22. The maximum absolute atomic E-state index is 5.34. The SMILES string of the molecule is C=C(C)C[C@@H](c1cccc(OC)c1)N1CCNCC1.Cl.Cl. The van der Waals surface area contributed by atoms with Crippen molar-refractivity contribution in [1.82, 2.24) is 10.2 Å². The van der Waals surface area contributed by atoms with Crippen molar-refractivity contribution in [2.24, 2.45) is 0 Å². The van der Waals surface area contributed by atoms with E-state index in [9.17, 15) is 0 Å². The van der Waals surface area contributed by atoms with Crippen LogP contribution >= 0.6 is 24.8 Å². The van der Waals surface area contributed by atoms with Gasteiger partial charge < -0.3 is 10.1 Å². The van der Waals surface area contributed by atoms with E-state index in [-0.39, 0.29) is 24.8 Å². The molecule has 2 rings (SSSR count). The van der Waals surface area contributed by atoms with Crippen LogP contribution in [0.25, 0.3) is 0 Å². The average molecular weight is 333 g/mol. The first kappa shape index (κ1) is 20.3. The fraction of sp³-hybridized carbons (Fsp3) is 0.500. The molecule has 120 valence electrons. The van der Waals surface area contributed by atoms with E-state index in [0.717, 1.165) is 38.3 Å². The zero-order valence-corrected chi connectivity index (χ0v) is 14.4. The number of rotatable bonds is 5. The normalized spacial score (nSPS) is 16.3. The van der Waals surface area contributed by atoms with Crippen molar-refractivity contribution in [2.45, 2.75) is 19.4 Å². The first-order chi connectivity index (χ1) is 9.20. The maximum Gasteiger partial charge on any atom is 0.119 e. The Bertz CT molecular complexity index is 434. The number of ether oxygens (including phenoxy) is 1. The number of nitrogens with one attached hydrogen (secondary N) is 1. The molecule has 1 aliphatic heterocycles. The van der Waals surface area contributed by atoms with Crippen molar-refractivity contribution in [3.8, 4) is 5.75 Å². The molecule has 1 saturated heterocycles. The highest BCUT2D eigenvalue weighted by Crippen LogP contribution is 2.29. The van der Waals surface area contributed by atoms with Crippen LogP contribution in [0.4, 0.5) is 0 Å². The van der Waals surface area contributed by atoms with E-state index in [2.05, 4.69) is 41.9 Å². The van der Waals surface area contributed by atoms with Crippen molar-refractivity contribution >= 4 is 24.8 Å². The van der Waals surface area contributed by atoms with Crippen LogP contribution in [0.2, 0.25) is 0 Å². The molecule has 0 saturated carbocycles. The molecule has 0 radical (unpaired) electrons. The van der Waals surface area contributed by atoms with Crippen LogP contribution in [0.3, 0.4) is 0 Å². The summed E-state index contributed by atoms with van der Waals surface area (Å²) in [6.07, 6.45) is 1.01. The lowest BCUT2D eigenvalue weighted by Gasteiger charge is -2.35. The van der Waals surface area contributed by atoms with Gasteiger partial charge in [-0.3, -0.25) is 4.90 Å². The quantitative estimate of drug-likeness (QED) is 0.836. The van der Waals surface area contributed by atoms with E-state index >= 15 is 0 Å². The summed E-state index contributed by atoms with van der Waals surface area (Å²) in [6.45, 7) is 10.5. The minimum Gasteiger partial charge on any atom is -0.497 e. The molecule has 1 N–H and O–H groups in total. The van der Waals surface area contributed by atoms with Crippen molar-refractivity contribution in [3.63, 3.8) is 0 Å². The molecule has 0 aliphatic carbocycles. The van der Waals surface area contributed by atoms with Gasteiger partial charge in [0.25, 0.3) is 0 Å². The third-order valence-electron chi connectivity index (χ3n) is 3.61. The summed E-state index contributed by atoms with van der Waals surface area (Å²) < 4.78 is 5.34. The first-order valence-electron chi connectivity index (χ1n) is 6.94. The molecule has 0 aromatic heterocycles. The molecule has 1 aliphatic rings. The fourth-order valence-electron chi connectivity index (χ4n) is 2.63. The number of piperazine rings is 1.